The van der Waals surface area contributed by atoms with Gasteiger partial charge in [0.05, 0.1) is 0 Å². The maximum absolute atomic E-state index is 13.0. The molecule has 0 spiro atoms. The maximum atomic E-state index is 13.0. The van der Waals surface area contributed by atoms with E-state index in [9.17, 15) is 4.79 Å². The fourth-order valence-corrected chi connectivity index (χ4v) is 4.85. The predicted octanol–water partition coefficient (Wildman–Crippen LogP) is 4.52. The quantitative estimate of drug-likeness (QED) is 0.632. The molecule has 2 aliphatic rings. The highest BCUT2D eigenvalue weighted by atomic mass is 16.5. The number of amides is 1. The Morgan fingerprint density at radius 3 is 2.48 bits per heavy atom. The van der Waals surface area contributed by atoms with Gasteiger partial charge in [0.15, 0.2) is 0 Å². The van der Waals surface area contributed by atoms with Crippen molar-refractivity contribution in [1.29, 1.82) is 0 Å². The van der Waals surface area contributed by atoms with E-state index in [-0.39, 0.29) is 11.9 Å². The normalized spacial score (nSPS) is 18.5. The fourth-order valence-electron chi connectivity index (χ4n) is 4.85. The lowest BCUT2D eigenvalue weighted by Crippen LogP contribution is -2.45. The van der Waals surface area contributed by atoms with Crippen LogP contribution in [0.2, 0.25) is 0 Å². The van der Waals surface area contributed by atoms with Crippen molar-refractivity contribution in [3.63, 3.8) is 0 Å². The van der Waals surface area contributed by atoms with Gasteiger partial charge in [0.2, 0.25) is 0 Å². The molecule has 1 aliphatic carbocycles. The van der Waals surface area contributed by atoms with Gasteiger partial charge in [0.1, 0.15) is 11.5 Å². The van der Waals surface area contributed by atoms with Crippen LogP contribution in [0.4, 0.5) is 5.69 Å². The van der Waals surface area contributed by atoms with Crippen molar-refractivity contribution in [3.05, 3.63) is 89.5 Å². The molecule has 33 heavy (non-hydrogen) atoms. The molecule has 1 saturated heterocycles. The minimum absolute atomic E-state index is 0.0443. The lowest BCUT2D eigenvalue weighted by molar-refractivity contribution is 0.0933. The first-order valence-electron chi connectivity index (χ1n) is 11.8. The number of ether oxygens (including phenoxy) is 1. The zero-order valence-electron chi connectivity index (χ0n) is 19.2. The molecular weight excluding hydrogens is 410 g/mol. The van der Waals surface area contributed by atoms with Gasteiger partial charge in [0.25, 0.3) is 5.91 Å². The second kappa shape index (κ2) is 9.67. The number of nitrogens with zero attached hydrogens (tertiary/aromatic N) is 2. The zero-order chi connectivity index (χ0) is 22.6. The Labute approximate surface area is 196 Å². The summed E-state index contributed by atoms with van der Waals surface area (Å²) in [5.74, 6) is 1.38. The van der Waals surface area contributed by atoms with Crippen molar-refractivity contribution in [2.75, 3.05) is 38.1 Å². The van der Waals surface area contributed by atoms with Crippen LogP contribution in [0.25, 0.3) is 0 Å². The Hall–Kier alpha value is -3.31. The lowest BCUT2D eigenvalue weighted by atomic mass is 9.86. The van der Waals surface area contributed by atoms with E-state index in [4.69, 9.17) is 4.74 Å². The molecule has 170 valence electrons. The topological polar surface area (TPSA) is 44.8 Å². The SMILES string of the molecule is CN1CCN(c2cccc3c2CC[C@H](NC(=O)c2cccc(Oc4ccccc4)c2)C3)CC1. The van der Waals surface area contributed by atoms with E-state index in [2.05, 4.69) is 40.4 Å². The van der Waals surface area contributed by atoms with Crippen molar-refractivity contribution < 1.29 is 9.53 Å². The van der Waals surface area contributed by atoms with Crippen molar-refractivity contribution in [1.82, 2.24) is 10.2 Å². The van der Waals surface area contributed by atoms with Crippen LogP contribution in [0.5, 0.6) is 11.5 Å². The molecule has 3 aromatic rings. The van der Waals surface area contributed by atoms with Gasteiger partial charge in [-0.15, -0.1) is 0 Å². The Balaban J connectivity index is 1.24. The average Bonchev–Trinajstić information content (AvgIpc) is 2.85. The Morgan fingerprint density at radius 1 is 0.909 bits per heavy atom. The van der Waals surface area contributed by atoms with Gasteiger partial charge in [-0.2, -0.15) is 0 Å². The molecule has 0 radical (unpaired) electrons. The number of anilines is 1. The number of hydrogen-bond acceptors (Lipinski definition) is 4. The van der Waals surface area contributed by atoms with Crippen molar-refractivity contribution >= 4 is 11.6 Å². The summed E-state index contributed by atoms with van der Waals surface area (Å²) in [4.78, 5) is 17.9. The summed E-state index contributed by atoms with van der Waals surface area (Å²) in [6, 6.07) is 23.8. The molecule has 5 rings (SSSR count). The second-order valence-corrected chi connectivity index (χ2v) is 9.06. The van der Waals surface area contributed by atoms with Gasteiger partial charge in [-0.1, -0.05) is 36.4 Å². The van der Waals surface area contributed by atoms with Crippen LogP contribution in [0.1, 0.15) is 27.9 Å². The lowest BCUT2D eigenvalue weighted by Gasteiger charge is -2.37. The predicted molar refractivity (Wildman–Crippen MR) is 132 cm³/mol. The standard InChI is InChI=1S/C28H31N3O2/c1-30-15-17-31(18-16-30)27-12-6-7-21-19-23(13-14-26(21)27)29-28(32)22-8-5-11-25(20-22)33-24-9-3-2-4-10-24/h2-12,20,23H,13-19H2,1H3,(H,29,32)/t23-/m0/s1. The van der Waals surface area contributed by atoms with Crippen LogP contribution in [0.15, 0.2) is 72.8 Å². The molecule has 1 amide bonds. The van der Waals surface area contributed by atoms with Gasteiger partial charge < -0.3 is 19.9 Å². The molecule has 0 aromatic heterocycles. The molecule has 3 aromatic carbocycles. The van der Waals surface area contributed by atoms with E-state index in [1.165, 1.54) is 16.8 Å². The second-order valence-electron chi connectivity index (χ2n) is 9.06. The number of likely N-dealkylation sites (N-methyl/N-ethyl adjacent to an activating group) is 1. The van der Waals surface area contributed by atoms with E-state index in [0.717, 1.165) is 51.2 Å². The number of piperazine rings is 1. The summed E-state index contributed by atoms with van der Waals surface area (Å²) in [7, 11) is 2.19. The first-order chi connectivity index (χ1) is 16.2. The summed E-state index contributed by atoms with van der Waals surface area (Å²) >= 11 is 0. The Morgan fingerprint density at radius 2 is 1.67 bits per heavy atom. The monoisotopic (exact) mass is 441 g/mol. The maximum Gasteiger partial charge on any atom is 0.251 e. The van der Waals surface area contributed by atoms with E-state index < -0.39 is 0 Å². The fraction of sp³-hybridized carbons (Fsp3) is 0.321. The van der Waals surface area contributed by atoms with Crippen LogP contribution >= 0.6 is 0 Å². The minimum Gasteiger partial charge on any atom is -0.457 e. The van der Waals surface area contributed by atoms with E-state index >= 15 is 0 Å². The average molecular weight is 442 g/mol. The van der Waals surface area contributed by atoms with Gasteiger partial charge in [-0.05, 0) is 73.8 Å². The molecule has 1 aliphatic heterocycles. The summed E-state index contributed by atoms with van der Waals surface area (Å²) in [6.45, 7) is 4.37. The van der Waals surface area contributed by atoms with Crippen LogP contribution in [0, 0.1) is 0 Å². The highest BCUT2D eigenvalue weighted by molar-refractivity contribution is 5.94. The smallest absolute Gasteiger partial charge is 0.251 e. The van der Waals surface area contributed by atoms with Gasteiger partial charge in [-0.3, -0.25) is 4.79 Å². The highest BCUT2D eigenvalue weighted by Gasteiger charge is 2.25. The van der Waals surface area contributed by atoms with Crippen molar-refractivity contribution in [2.24, 2.45) is 0 Å². The van der Waals surface area contributed by atoms with Crippen LogP contribution in [0.3, 0.4) is 0 Å². The van der Waals surface area contributed by atoms with E-state index in [0.29, 0.717) is 11.3 Å². The molecule has 5 heteroatoms. The molecule has 0 bridgehead atoms. The number of benzene rings is 3. The van der Waals surface area contributed by atoms with Crippen molar-refractivity contribution in [2.45, 2.75) is 25.3 Å². The van der Waals surface area contributed by atoms with E-state index in [1.807, 2.05) is 54.6 Å². The van der Waals surface area contributed by atoms with Crippen LogP contribution < -0.4 is 15.0 Å². The molecule has 1 atom stereocenters. The zero-order valence-corrected chi connectivity index (χ0v) is 19.2. The van der Waals surface area contributed by atoms with Crippen LogP contribution in [-0.2, 0) is 12.8 Å². The third-order valence-electron chi connectivity index (χ3n) is 6.71. The third-order valence-corrected chi connectivity index (χ3v) is 6.71. The molecule has 5 nitrogen and oxygen atoms in total. The van der Waals surface area contributed by atoms with Crippen LogP contribution in [-0.4, -0.2) is 50.1 Å². The number of carbonyl (C=O) groups is 1. The van der Waals surface area contributed by atoms with Gasteiger partial charge >= 0.3 is 0 Å². The summed E-state index contributed by atoms with van der Waals surface area (Å²) in [5.41, 5.74) is 4.84. The molecule has 0 saturated carbocycles. The first kappa shape index (κ1) is 21.5. The summed E-state index contributed by atoms with van der Waals surface area (Å²) < 4.78 is 5.90. The highest BCUT2D eigenvalue weighted by Crippen LogP contribution is 2.31. The van der Waals surface area contributed by atoms with E-state index in [1.54, 1.807) is 0 Å². The van der Waals surface area contributed by atoms with Gasteiger partial charge in [-0.25, -0.2) is 0 Å². The molecule has 1 fully saturated rings. The number of carbonyl (C=O) groups excluding carboxylic acids is 1. The minimum atomic E-state index is -0.0443. The Kier molecular flexibility index (Phi) is 6.31. The number of para-hydroxylation sites is 1. The first-order valence-corrected chi connectivity index (χ1v) is 11.8. The molecule has 1 N–H and O–H groups in total. The Bertz CT molecular complexity index is 1110. The molecular formula is C28H31N3O2. The number of fused-ring (bicyclic) bond motifs is 1. The van der Waals surface area contributed by atoms with Crippen molar-refractivity contribution in [3.8, 4) is 11.5 Å². The molecule has 0 unspecified atom stereocenters. The number of rotatable bonds is 5. The largest absolute Gasteiger partial charge is 0.457 e. The number of hydrogen-bond donors (Lipinski definition) is 1. The van der Waals surface area contributed by atoms with Gasteiger partial charge in [0, 0.05) is 43.5 Å². The third kappa shape index (κ3) is 5.04. The molecule has 1 heterocycles. The summed E-state index contributed by atoms with van der Waals surface area (Å²) in [6.07, 6.45) is 2.84. The summed E-state index contributed by atoms with van der Waals surface area (Å²) in [5, 5.41) is 3.26. The number of nitrogens with one attached hydrogen (secondary N) is 1.